The Hall–Kier alpha value is -1.10. The summed E-state index contributed by atoms with van der Waals surface area (Å²) in [4.78, 5) is 27.6. The number of likely N-dealkylation sites (tertiary alicyclic amines) is 2. The third-order valence-electron chi connectivity index (χ3n) is 4.73. The Labute approximate surface area is 134 Å². The van der Waals surface area contributed by atoms with Gasteiger partial charge in [-0.1, -0.05) is 20.8 Å². The first-order valence-electron chi connectivity index (χ1n) is 8.73. The highest BCUT2D eigenvalue weighted by atomic mass is 16.5. The molecule has 2 aliphatic heterocycles. The maximum atomic E-state index is 12.0. The van der Waals surface area contributed by atoms with Gasteiger partial charge in [-0.2, -0.15) is 0 Å². The van der Waals surface area contributed by atoms with Crippen LogP contribution in [0.4, 0.5) is 0 Å². The van der Waals surface area contributed by atoms with Crippen LogP contribution in [0.5, 0.6) is 0 Å². The van der Waals surface area contributed by atoms with E-state index in [-0.39, 0.29) is 29.9 Å². The van der Waals surface area contributed by atoms with E-state index < -0.39 is 0 Å². The summed E-state index contributed by atoms with van der Waals surface area (Å²) in [7, 11) is 0. The maximum Gasteiger partial charge on any atom is 0.225 e. The Morgan fingerprint density at radius 3 is 1.82 bits per heavy atom. The van der Waals surface area contributed by atoms with Gasteiger partial charge in [0.1, 0.15) is 0 Å². The summed E-state index contributed by atoms with van der Waals surface area (Å²) < 4.78 is 6.21. The van der Waals surface area contributed by atoms with Crippen LogP contribution in [0.3, 0.4) is 0 Å². The molecular weight excluding hydrogens is 280 g/mol. The molecule has 0 aromatic rings. The first-order chi connectivity index (χ1) is 10.5. The smallest absolute Gasteiger partial charge is 0.225 e. The third kappa shape index (κ3) is 4.45. The van der Waals surface area contributed by atoms with Crippen molar-refractivity contribution in [3.8, 4) is 0 Å². The molecule has 0 aromatic heterocycles. The molecule has 0 saturated carbocycles. The van der Waals surface area contributed by atoms with Gasteiger partial charge in [-0.3, -0.25) is 9.59 Å². The zero-order valence-electron chi connectivity index (χ0n) is 14.2. The van der Waals surface area contributed by atoms with Gasteiger partial charge in [-0.05, 0) is 25.7 Å². The molecular formula is C17H30N2O3. The van der Waals surface area contributed by atoms with Gasteiger partial charge in [0.15, 0.2) is 0 Å². The van der Waals surface area contributed by atoms with Gasteiger partial charge in [0.05, 0.1) is 12.2 Å². The van der Waals surface area contributed by atoms with Crippen molar-refractivity contribution in [3.63, 3.8) is 0 Å². The Kier molecular flexibility index (Phi) is 6.24. The fourth-order valence-corrected chi connectivity index (χ4v) is 3.31. The van der Waals surface area contributed by atoms with Crippen LogP contribution in [0.1, 0.15) is 52.9 Å². The number of piperidine rings is 2. The van der Waals surface area contributed by atoms with Crippen molar-refractivity contribution < 1.29 is 14.3 Å². The Morgan fingerprint density at radius 1 is 0.955 bits per heavy atom. The lowest BCUT2D eigenvalue weighted by Crippen LogP contribution is -2.45. The summed E-state index contributed by atoms with van der Waals surface area (Å²) in [6, 6.07) is 0. The van der Waals surface area contributed by atoms with Crippen LogP contribution in [0.25, 0.3) is 0 Å². The predicted molar refractivity (Wildman–Crippen MR) is 85.4 cm³/mol. The highest BCUT2D eigenvalue weighted by Gasteiger charge is 2.28. The van der Waals surface area contributed by atoms with E-state index >= 15 is 0 Å². The maximum absolute atomic E-state index is 12.0. The number of amides is 2. The van der Waals surface area contributed by atoms with E-state index in [1.807, 2.05) is 30.6 Å². The molecule has 0 bridgehead atoms. The average Bonchev–Trinajstić information content (AvgIpc) is 2.54. The number of carbonyl (C=O) groups is 2. The standard InChI is InChI=1S/C17H30N2O3/c1-4-16(20)18-9-5-14(6-10-18)22-15-7-11-19(12-8-15)17(21)13(2)3/h13-15H,4-12H2,1-3H3. The average molecular weight is 310 g/mol. The molecule has 0 spiro atoms. The summed E-state index contributed by atoms with van der Waals surface area (Å²) >= 11 is 0. The molecule has 0 unspecified atom stereocenters. The van der Waals surface area contributed by atoms with Gasteiger partial charge in [0, 0.05) is 38.5 Å². The van der Waals surface area contributed by atoms with Gasteiger partial charge in [-0.25, -0.2) is 0 Å². The molecule has 5 heteroatoms. The van der Waals surface area contributed by atoms with Gasteiger partial charge >= 0.3 is 0 Å². The normalized spacial score (nSPS) is 21.5. The summed E-state index contributed by atoms with van der Waals surface area (Å²) in [6.07, 6.45) is 4.90. The van der Waals surface area contributed by atoms with Gasteiger partial charge in [-0.15, -0.1) is 0 Å². The van der Waals surface area contributed by atoms with E-state index in [4.69, 9.17) is 4.74 Å². The van der Waals surface area contributed by atoms with Crippen molar-refractivity contribution in [2.45, 2.75) is 65.1 Å². The molecule has 0 atom stereocenters. The van der Waals surface area contributed by atoms with E-state index in [0.29, 0.717) is 6.42 Å². The number of hydrogen-bond acceptors (Lipinski definition) is 3. The van der Waals surface area contributed by atoms with E-state index in [1.54, 1.807) is 0 Å². The Morgan fingerprint density at radius 2 is 1.41 bits per heavy atom. The van der Waals surface area contributed by atoms with Crippen LogP contribution in [0.2, 0.25) is 0 Å². The van der Waals surface area contributed by atoms with Crippen molar-refractivity contribution in [1.82, 2.24) is 9.80 Å². The minimum Gasteiger partial charge on any atom is -0.375 e. The zero-order chi connectivity index (χ0) is 16.1. The van der Waals surface area contributed by atoms with E-state index in [2.05, 4.69) is 0 Å². The van der Waals surface area contributed by atoms with Crippen LogP contribution >= 0.6 is 0 Å². The quantitative estimate of drug-likeness (QED) is 0.798. The first-order valence-corrected chi connectivity index (χ1v) is 8.73. The molecule has 2 amide bonds. The van der Waals surface area contributed by atoms with Crippen LogP contribution < -0.4 is 0 Å². The molecule has 0 aromatic carbocycles. The monoisotopic (exact) mass is 310 g/mol. The lowest BCUT2D eigenvalue weighted by atomic mass is 10.0. The second kappa shape index (κ2) is 7.95. The number of ether oxygens (including phenoxy) is 1. The molecule has 0 N–H and O–H groups in total. The van der Waals surface area contributed by atoms with Crippen molar-refractivity contribution in [2.75, 3.05) is 26.2 Å². The second-order valence-corrected chi connectivity index (χ2v) is 6.75. The molecule has 126 valence electrons. The van der Waals surface area contributed by atoms with E-state index in [9.17, 15) is 9.59 Å². The topological polar surface area (TPSA) is 49.9 Å². The lowest BCUT2D eigenvalue weighted by Gasteiger charge is -2.37. The van der Waals surface area contributed by atoms with Crippen molar-refractivity contribution in [2.24, 2.45) is 5.92 Å². The summed E-state index contributed by atoms with van der Waals surface area (Å²) in [5, 5.41) is 0. The van der Waals surface area contributed by atoms with Crippen LogP contribution in [0.15, 0.2) is 0 Å². The first kappa shape index (κ1) is 17.3. The SMILES string of the molecule is CCC(=O)N1CCC(OC2CCN(C(=O)C(C)C)CC2)CC1. The molecule has 0 radical (unpaired) electrons. The van der Waals surface area contributed by atoms with Crippen molar-refractivity contribution in [1.29, 1.82) is 0 Å². The number of nitrogens with zero attached hydrogens (tertiary/aromatic N) is 2. The number of rotatable bonds is 4. The number of hydrogen-bond donors (Lipinski definition) is 0. The highest BCUT2D eigenvalue weighted by molar-refractivity contribution is 5.78. The molecule has 0 aliphatic carbocycles. The minimum atomic E-state index is 0.0814. The van der Waals surface area contributed by atoms with Gasteiger partial charge < -0.3 is 14.5 Å². The predicted octanol–water partition coefficient (Wildman–Crippen LogP) is 2.05. The molecule has 22 heavy (non-hydrogen) atoms. The molecule has 2 saturated heterocycles. The van der Waals surface area contributed by atoms with Crippen molar-refractivity contribution in [3.05, 3.63) is 0 Å². The van der Waals surface area contributed by atoms with E-state index in [0.717, 1.165) is 51.9 Å². The fourth-order valence-electron chi connectivity index (χ4n) is 3.31. The minimum absolute atomic E-state index is 0.0814. The fraction of sp³-hybridized carbons (Fsp3) is 0.882. The zero-order valence-corrected chi connectivity index (χ0v) is 14.2. The number of carbonyl (C=O) groups excluding carboxylic acids is 2. The molecule has 5 nitrogen and oxygen atoms in total. The van der Waals surface area contributed by atoms with Crippen LogP contribution in [-0.2, 0) is 14.3 Å². The Balaban J connectivity index is 1.69. The second-order valence-electron chi connectivity index (χ2n) is 6.75. The van der Waals surface area contributed by atoms with Gasteiger partial charge in [0.2, 0.25) is 11.8 Å². The molecule has 2 fully saturated rings. The molecule has 2 aliphatic rings. The Bertz CT molecular complexity index is 381. The molecule has 2 heterocycles. The lowest BCUT2D eigenvalue weighted by molar-refractivity contribution is -0.139. The largest absolute Gasteiger partial charge is 0.375 e. The van der Waals surface area contributed by atoms with E-state index in [1.165, 1.54) is 0 Å². The summed E-state index contributed by atoms with van der Waals surface area (Å²) in [6.45, 7) is 9.09. The van der Waals surface area contributed by atoms with Crippen molar-refractivity contribution >= 4 is 11.8 Å². The van der Waals surface area contributed by atoms with Crippen LogP contribution in [0, 0.1) is 5.92 Å². The summed E-state index contributed by atoms with van der Waals surface area (Å²) in [5.74, 6) is 0.585. The summed E-state index contributed by atoms with van der Waals surface area (Å²) in [5.41, 5.74) is 0. The van der Waals surface area contributed by atoms with Crippen LogP contribution in [-0.4, -0.2) is 60.0 Å². The van der Waals surface area contributed by atoms with Gasteiger partial charge in [0.25, 0.3) is 0 Å². The third-order valence-corrected chi connectivity index (χ3v) is 4.73. The highest BCUT2D eigenvalue weighted by Crippen LogP contribution is 2.22. The molecule has 2 rings (SSSR count).